The Morgan fingerprint density at radius 3 is 2.15 bits per heavy atom. The van der Waals surface area contributed by atoms with Crippen molar-refractivity contribution < 1.29 is 23.9 Å². The van der Waals surface area contributed by atoms with Crippen molar-refractivity contribution in [1.29, 1.82) is 5.26 Å². The Hall–Kier alpha value is -3.21. The molecule has 1 aliphatic heterocycles. The molecule has 8 heteroatoms. The molecule has 0 spiro atoms. The van der Waals surface area contributed by atoms with Crippen LogP contribution in [0.4, 0.5) is 0 Å². The van der Waals surface area contributed by atoms with Crippen molar-refractivity contribution in [1.82, 2.24) is 10.2 Å². The van der Waals surface area contributed by atoms with Crippen LogP contribution in [0.1, 0.15) is 48.4 Å². The van der Waals surface area contributed by atoms with Gasteiger partial charge in [-0.05, 0) is 31.9 Å². The predicted molar refractivity (Wildman–Crippen MR) is 94.4 cm³/mol. The molecule has 1 N–H and O–H groups in total. The Labute approximate surface area is 157 Å². The molecule has 1 aliphatic rings. The monoisotopic (exact) mass is 371 g/mol. The second-order valence-electron chi connectivity index (χ2n) is 6.83. The molecule has 1 aromatic carbocycles. The Bertz CT molecular complexity index is 807. The molecule has 0 radical (unpaired) electrons. The molecule has 142 valence electrons. The van der Waals surface area contributed by atoms with Crippen LogP contribution in [0, 0.1) is 17.2 Å². The lowest BCUT2D eigenvalue weighted by Crippen LogP contribution is -2.52. The van der Waals surface area contributed by atoms with Crippen LogP contribution in [0.15, 0.2) is 24.3 Å². The zero-order valence-electron chi connectivity index (χ0n) is 15.6. The van der Waals surface area contributed by atoms with E-state index in [1.807, 2.05) is 6.07 Å². The SMILES string of the molecule is CC(C)[C@](C)(C#N)NC(=O)[C@H](C)OC(=O)CN1C(=O)c2ccccc2C1=O. The fourth-order valence-electron chi connectivity index (χ4n) is 2.46. The fourth-order valence-corrected chi connectivity index (χ4v) is 2.46. The number of hydrogen-bond donors (Lipinski definition) is 1. The number of carbonyl (C=O) groups excluding carboxylic acids is 4. The number of rotatable bonds is 6. The molecule has 0 saturated carbocycles. The number of fused-ring (bicyclic) bond motifs is 1. The number of hydrogen-bond acceptors (Lipinski definition) is 6. The minimum atomic E-state index is -1.18. The van der Waals surface area contributed by atoms with Crippen LogP contribution in [0.3, 0.4) is 0 Å². The van der Waals surface area contributed by atoms with Crippen LogP contribution >= 0.6 is 0 Å². The highest BCUT2D eigenvalue weighted by atomic mass is 16.5. The lowest BCUT2D eigenvalue weighted by atomic mass is 9.90. The summed E-state index contributed by atoms with van der Waals surface area (Å²) in [7, 11) is 0. The zero-order valence-corrected chi connectivity index (χ0v) is 15.6. The molecule has 1 aromatic rings. The van der Waals surface area contributed by atoms with Crippen molar-refractivity contribution in [2.45, 2.75) is 39.3 Å². The Morgan fingerprint density at radius 1 is 1.19 bits per heavy atom. The normalized spacial score (nSPS) is 16.4. The van der Waals surface area contributed by atoms with Gasteiger partial charge in [-0.3, -0.25) is 24.1 Å². The number of esters is 1. The third kappa shape index (κ3) is 3.97. The lowest BCUT2D eigenvalue weighted by Gasteiger charge is -2.28. The highest BCUT2D eigenvalue weighted by molar-refractivity contribution is 6.22. The second-order valence-corrected chi connectivity index (χ2v) is 6.83. The van der Waals surface area contributed by atoms with Crippen molar-refractivity contribution >= 4 is 23.7 Å². The smallest absolute Gasteiger partial charge is 0.326 e. The second kappa shape index (κ2) is 7.58. The third-order valence-corrected chi connectivity index (χ3v) is 4.61. The number of nitrogens with zero attached hydrogens (tertiary/aromatic N) is 2. The minimum absolute atomic E-state index is 0.160. The van der Waals surface area contributed by atoms with Crippen molar-refractivity contribution in [3.05, 3.63) is 35.4 Å². The Balaban J connectivity index is 1.98. The van der Waals surface area contributed by atoms with E-state index >= 15 is 0 Å². The maximum atomic E-state index is 12.2. The summed E-state index contributed by atoms with van der Waals surface area (Å²) in [6.45, 7) is 5.89. The Morgan fingerprint density at radius 2 is 1.70 bits per heavy atom. The van der Waals surface area contributed by atoms with Gasteiger partial charge in [-0.25, -0.2) is 0 Å². The lowest BCUT2D eigenvalue weighted by molar-refractivity contribution is -0.155. The fraction of sp³-hybridized carbons (Fsp3) is 0.421. The highest BCUT2D eigenvalue weighted by Gasteiger charge is 2.37. The molecule has 2 rings (SSSR count). The number of ether oxygens (including phenoxy) is 1. The van der Waals surface area contributed by atoms with Gasteiger partial charge in [0, 0.05) is 0 Å². The van der Waals surface area contributed by atoms with Gasteiger partial charge in [0.25, 0.3) is 17.7 Å². The van der Waals surface area contributed by atoms with Gasteiger partial charge in [0.2, 0.25) is 0 Å². The summed E-state index contributed by atoms with van der Waals surface area (Å²) in [5.41, 5.74) is -0.661. The van der Waals surface area contributed by atoms with Crippen molar-refractivity contribution in [3.63, 3.8) is 0 Å². The number of nitriles is 1. The summed E-state index contributed by atoms with van der Waals surface area (Å²) in [6, 6.07) is 8.29. The van der Waals surface area contributed by atoms with E-state index in [4.69, 9.17) is 4.74 Å². The highest BCUT2D eigenvalue weighted by Crippen LogP contribution is 2.22. The summed E-state index contributed by atoms with van der Waals surface area (Å²) in [4.78, 5) is 49.6. The first kappa shape index (κ1) is 20.1. The van der Waals surface area contributed by atoms with E-state index in [1.54, 1.807) is 32.9 Å². The van der Waals surface area contributed by atoms with E-state index in [0.29, 0.717) is 0 Å². The third-order valence-electron chi connectivity index (χ3n) is 4.61. The zero-order chi connectivity index (χ0) is 20.4. The van der Waals surface area contributed by atoms with E-state index in [-0.39, 0.29) is 17.0 Å². The molecule has 0 saturated heterocycles. The van der Waals surface area contributed by atoms with Gasteiger partial charge in [0.1, 0.15) is 12.1 Å². The van der Waals surface area contributed by atoms with Crippen molar-refractivity contribution in [3.8, 4) is 6.07 Å². The van der Waals surface area contributed by atoms with Crippen molar-refractivity contribution in [2.24, 2.45) is 5.92 Å². The van der Waals surface area contributed by atoms with Gasteiger partial charge < -0.3 is 10.1 Å². The van der Waals surface area contributed by atoms with Gasteiger partial charge in [-0.2, -0.15) is 5.26 Å². The average molecular weight is 371 g/mol. The van der Waals surface area contributed by atoms with Crippen LogP contribution in [0.25, 0.3) is 0 Å². The van der Waals surface area contributed by atoms with E-state index < -0.39 is 41.9 Å². The maximum absolute atomic E-state index is 12.2. The van der Waals surface area contributed by atoms with Gasteiger partial charge >= 0.3 is 5.97 Å². The number of carbonyl (C=O) groups is 4. The summed E-state index contributed by atoms with van der Waals surface area (Å²) >= 11 is 0. The molecule has 1 heterocycles. The molecule has 0 unspecified atom stereocenters. The molecule has 2 atom stereocenters. The average Bonchev–Trinajstić information content (AvgIpc) is 2.86. The van der Waals surface area contributed by atoms with Gasteiger partial charge in [0.05, 0.1) is 17.2 Å². The van der Waals surface area contributed by atoms with Crippen LogP contribution < -0.4 is 5.32 Å². The topological polar surface area (TPSA) is 117 Å². The number of imide groups is 1. The van der Waals surface area contributed by atoms with Crippen LogP contribution in [-0.2, 0) is 14.3 Å². The molecule has 27 heavy (non-hydrogen) atoms. The molecule has 8 nitrogen and oxygen atoms in total. The van der Waals surface area contributed by atoms with Gasteiger partial charge in [-0.1, -0.05) is 26.0 Å². The Kier molecular flexibility index (Phi) is 5.64. The molecule has 0 bridgehead atoms. The first-order chi connectivity index (χ1) is 12.6. The van der Waals surface area contributed by atoms with E-state index in [1.165, 1.54) is 19.1 Å². The molecular formula is C19H21N3O5. The minimum Gasteiger partial charge on any atom is -0.451 e. The molecule has 0 aliphatic carbocycles. The van der Waals surface area contributed by atoms with Crippen molar-refractivity contribution in [2.75, 3.05) is 6.54 Å². The van der Waals surface area contributed by atoms with Crippen LogP contribution in [0.5, 0.6) is 0 Å². The molecule has 3 amide bonds. The van der Waals surface area contributed by atoms with Crippen LogP contribution in [-0.4, -0.2) is 46.8 Å². The van der Waals surface area contributed by atoms with Crippen LogP contribution in [0.2, 0.25) is 0 Å². The largest absolute Gasteiger partial charge is 0.451 e. The molecule has 0 fully saturated rings. The van der Waals surface area contributed by atoms with Gasteiger partial charge in [-0.15, -0.1) is 0 Å². The van der Waals surface area contributed by atoms with E-state index in [0.717, 1.165) is 4.90 Å². The van der Waals surface area contributed by atoms with E-state index in [9.17, 15) is 24.4 Å². The summed E-state index contributed by atoms with van der Waals surface area (Å²) in [5.74, 6) is -2.85. The quantitative estimate of drug-likeness (QED) is 0.594. The first-order valence-corrected chi connectivity index (χ1v) is 8.48. The predicted octanol–water partition coefficient (Wildman–Crippen LogP) is 1.27. The number of benzene rings is 1. The summed E-state index contributed by atoms with van der Waals surface area (Å²) in [6.07, 6.45) is -1.18. The number of nitrogens with one attached hydrogen (secondary N) is 1. The standard InChI is InChI=1S/C19H21N3O5/c1-11(2)19(4,10-20)21-16(24)12(3)27-15(23)9-22-17(25)13-7-5-6-8-14(13)18(22)26/h5-8,11-12H,9H2,1-4H3,(H,21,24)/t12-,19-/m0/s1. The van der Waals surface area contributed by atoms with E-state index in [2.05, 4.69) is 5.32 Å². The summed E-state index contributed by atoms with van der Waals surface area (Å²) < 4.78 is 5.03. The molecule has 0 aromatic heterocycles. The number of amides is 3. The van der Waals surface area contributed by atoms with Gasteiger partial charge in [0.15, 0.2) is 6.10 Å². The molecular weight excluding hydrogens is 350 g/mol. The summed E-state index contributed by atoms with van der Waals surface area (Å²) in [5, 5.41) is 11.8. The first-order valence-electron chi connectivity index (χ1n) is 8.48. The maximum Gasteiger partial charge on any atom is 0.326 e.